The van der Waals surface area contributed by atoms with Crippen LogP contribution in [0.5, 0.6) is 0 Å². The van der Waals surface area contributed by atoms with E-state index in [-0.39, 0.29) is 0 Å². The number of esters is 2. The van der Waals surface area contributed by atoms with Crippen molar-refractivity contribution < 1.29 is 19.1 Å². The number of hydrogen-bond donors (Lipinski definition) is 1. The standard InChI is InChI=1S/C13H13NO4S/c1-17-11(15)7-9-12(13(16)18-2)19-10-6-4-3-5-8(10)14-9/h3-7,12,14H,1-2H3. The summed E-state index contributed by atoms with van der Waals surface area (Å²) in [5.74, 6) is -0.932. The number of benzene rings is 1. The van der Waals surface area contributed by atoms with Crippen LogP contribution in [0, 0.1) is 0 Å². The van der Waals surface area contributed by atoms with Gasteiger partial charge in [0.05, 0.1) is 19.9 Å². The van der Waals surface area contributed by atoms with E-state index in [1.165, 1.54) is 32.1 Å². The highest BCUT2D eigenvalue weighted by molar-refractivity contribution is 8.01. The molecule has 1 aliphatic rings. The van der Waals surface area contributed by atoms with Gasteiger partial charge in [0.2, 0.25) is 0 Å². The molecule has 1 heterocycles. The van der Waals surface area contributed by atoms with Gasteiger partial charge in [0, 0.05) is 16.7 Å². The van der Waals surface area contributed by atoms with Crippen molar-refractivity contribution in [1.82, 2.24) is 0 Å². The van der Waals surface area contributed by atoms with Gasteiger partial charge in [0.1, 0.15) is 5.25 Å². The number of thioether (sulfide) groups is 1. The minimum atomic E-state index is -0.598. The minimum Gasteiger partial charge on any atom is -0.468 e. The Morgan fingerprint density at radius 1 is 1.26 bits per heavy atom. The van der Waals surface area contributed by atoms with Gasteiger partial charge in [-0.3, -0.25) is 4.79 Å². The lowest BCUT2D eigenvalue weighted by molar-refractivity contribution is -0.139. The summed E-state index contributed by atoms with van der Waals surface area (Å²) in [6.45, 7) is 0. The number of ether oxygens (including phenoxy) is 2. The minimum absolute atomic E-state index is 0.415. The van der Waals surface area contributed by atoms with E-state index in [1.807, 2.05) is 24.3 Å². The maximum absolute atomic E-state index is 11.8. The molecule has 0 radical (unpaired) electrons. The van der Waals surface area contributed by atoms with Crippen LogP contribution in [-0.4, -0.2) is 31.4 Å². The Morgan fingerprint density at radius 3 is 2.68 bits per heavy atom. The van der Waals surface area contributed by atoms with Crippen LogP contribution in [0.4, 0.5) is 5.69 Å². The van der Waals surface area contributed by atoms with Crippen molar-refractivity contribution >= 4 is 29.4 Å². The van der Waals surface area contributed by atoms with E-state index in [4.69, 9.17) is 4.74 Å². The predicted octanol–water partition coefficient (Wildman–Crippen LogP) is 1.80. The molecular formula is C13H13NO4S. The highest BCUT2D eigenvalue weighted by Crippen LogP contribution is 2.39. The lowest BCUT2D eigenvalue weighted by Gasteiger charge is -2.26. The summed E-state index contributed by atoms with van der Waals surface area (Å²) < 4.78 is 9.34. The highest BCUT2D eigenvalue weighted by atomic mass is 32.2. The molecule has 6 heteroatoms. The van der Waals surface area contributed by atoms with E-state index < -0.39 is 17.2 Å². The van der Waals surface area contributed by atoms with Crippen LogP contribution < -0.4 is 5.32 Å². The molecule has 0 aromatic heterocycles. The maximum atomic E-state index is 11.8. The number of anilines is 1. The van der Waals surface area contributed by atoms with Crippen LogP contribution in [0.2, 0.25) is 0 Å². The molecule has 2 rings (SSSR count). The lowest BCUT2D eigenvalue weighted by Crippen LogP contribution is -2.29. The molecular weight excluding hydrogens is 266 g/mol. The summed E-state index contributed by atoms with van der Waals surface area (Å²) in [6.07, 6.45) is 1.27. The van der Waals surface area contributed by atoms with E-state index >= 15 is 0 Å². The van der Waals surface area contributed by atoms with Gasteiger partial charge in [0.25, 0.3) is 0 Å². The van der Waals surface area contributed by atoms with Crippen molar-refractivity contribution in [3.05, 3.63) is 36.0 Å². The first-order valence-corrected chi connectivity index (χ1v) is 6.43. The summed E-state index contributed by atoms with van der Waals surface area (Å²) in [7, 11) is 2.61. The van der Waals surface area contributed by atoms with E-state index in [2.05, 4.69) is 10.1 Å². The topological polar surface area (TPSA) is 64.6 Å². The number of nitrogens with one attached hydrogen (secondary N) is 1. The first-order chi connectivity index (χ1) is 9.15. The second-order valence-corrected chi connectivity index (χ2v) is 4.91. The van der Waals surface area contributed by atoms with E-state index in [1.54, 1.807) is 0 Å². The van der Waals surface area contributed by atoms with Gasteiger partial charge in [-0.2, -0.15) is 0 Å². The van der Waals surface area contributed by atoms with Crippen LogP contribution in [-0.2, 0) is 19.1 Å². The third-order valence-corrected chi connectivity index (χ3v) is 3.88. The van der Waals surface area contributed by atoms with Crippen molar-refractivity contribution in [2.24, 2.45) is 0 Å². The average Bonchev–Trinajstić information content (AvgIpc) is 2.45. The molecule has 100 valence electrons. The molecule has 19 heavy (non-hydrogen) atoms. The highest BCUT2D eigenvalue weighted by Gasteiger charge is 2.31. The molecule has 1 N–H and O–H groups in total. The summed E-state index contributed by atoms with van der Waals surface area (Å²) in [5, 5.41) is 2.47. The van der Waals surface area contributed by atoms with Crippen LogP contribution in [0.25, 0.3) is 0 Å². The van der Waals surface area contributed by atoms with Gasteiger partial charge in [0.15, 0.2) is 0 Å². The fourth-order valence-corrected chi connectivity index (χ4v) is 2.77. The molecule has 0 fully saturated rings. The maximum Gasteiger partial charge on any atom is 0.332 e. The van der Waals surface area contributed by atoms with Gasteiger partial charge in [-0.05, 0) is 12.1 Å². The molecule has 1 aromatic carbocycles. The molecule has 5 nitrogen and oxygen atoms in total. The Hall–Kier alpha value is -1.95. The van der Waals surface area contributed by atoms with E-state index in [0.717, 1.165) is 10.6 Å². The van der Waals surface area contributed by atoms with Crippen molar-refractivity contribution in [3.8, 4) is 0 Å². The molecule has 1 aliphatic heterocycles. The smallest absolute Gasteiger partial charge is 0.332 e. The largest absolute Gasteiger partial charge is 0.468 e. The second-order valence-electron chi connectivity index (χ2n) is 3.77. The molecule has 0 aliphatic carbocycles. The van der Waals surface area contributed by atoms with Gasteiger partial charge in [-0.15, -0.1) is 11.8 Å². The first kappa shape index (κ1) is 13.5. The molecule has 0 bridgehead atoms. The summed E-state index contributed by atoms with van der Waals surface area (Å²) in [4.78, 5) is 24.1. The van der Waals surface area contributed by atoms with Gasteiger partial charge < -0.3 is 14.8 Å². The van der Waals surface area contributed by atoms with Crippen molar-refractivity contribution in [2.75, 3.05) is 19.5 Å². The zero-order valence-corrected chi connectivity index (χ0v) is 11.3. The number of para-hydroxylation sites is 1. The molecule has 1 unspecified atom stereocenters. The molecule has 1 atom stereocenters. The monoisotopic (exact) mass is 279 g/mol. The quantitative estimate of drug-likeness (QED) is 0.658. The average molecular weight is 279 g/mol. The Morgan fingerprint density at radius 2 is 2.00 bits per heavy atom. The molecule has 0 spiro atoms. The first-order valence-electron chi connectivity index (χ1n) is 5.55. The predicted molar refractivity (Wildman–Crippen MR) is 71.8 cm³/mol. The Bertz CT molecular complexity index is 541. The zero-order valence-electron chi connectivity index (χ0n) is 10.5. The zero-order chi connectivity index (χ0) is 13.8. The van der Waals surface area contributed by atoms with Crippen LogP contribution >= 0.6 is 11.8 Å². The summed E-state index contributed by atoms with van der Waals surface area (Å²) >= 11 is 1.34. The Balaban J connectivity index is 2.37. The number of hydrogen-bond acceptors (Lipinski definition) is 6. The number of rotatable bonds is 2. The molecule has 0 saturated heterocycles. The number of methoxy groups -OCH3 is 2. The summed E-state index contributed by atoms with van der Waals surface area (Å²) in [6, 6.07) is 7.54. The second kappa shape index (κ2) is 5.79. The Kier molecular flexibility index (Phi) is 4.11. The number of fused-ring (bicyclic) bond motifs is 1. The number of carbonyl (C=O) groups excluding carboxylic acids is 2. The third kappa shape index (κ3) is 2.90. The fraction of sp³-hybridized carbons (Fsp3) is 0.231. The van der Waals surface area contributed by atoms with Crippen LogP contribution in [0.3, 0.4) is 0 Å². The van der Waals surface area contributed by atoms with Crippen molar-refractivity contribution in [3.63, 3.8) is 0 Å². The van der Waals surface area contributed by atoms with Crippen LogP contribution in [0.15, 0.2) is 40.9 Å². The lowest BCUT2D eigenvalue weighted by atomic mass is 10.2. The number of carbonyl (C=O) groups is 2. The van der Waals surface area contributed by atoms with Crippen LogP contribution in [0.1, 0.15) is 0 Å². The van der Waals surface area contributed by atoms with Crippen molar-refractivity contribution in [2.45, 2.75) is 10.1 Å². The van der Waals surface area contributed by atoms with E-state index in [9.17, 15) is 9.59 Å². The van der Waals surface area contributed by atoms with Gasteiger partial charge in [-0.1, -0.05) is 12.1 Å². The van der Waals surface area contributed by atoms with Gasteiger partial charge >= 0.3 is 11.9 Å². The summed E-state index contributed by atoms with van der Waals surface area (Å²) in [5.41, 5.74) is 1.31. The van der Waals surface area contributed by atoms with Gasteiger partial charge in [-0.25, -0.2) is 4.79 Å². The third-order valence-electron chi connectivity index (χ3n) is 2.58. The molecule has 1 aromatic rings. The molecule has 0 amide bonds. The normalized spacial score (nSPS) is 19.3. The van der Waals surface area contributed by atoms with Crippen molar-refractivity contribution in [1.29, 1.82) is 0 Å². The SMILES string of the molecule is COC(=O)C=C1Nc2ccccc2SC1C(=O)OC. The fourth-order valence-electron chi connectivity index (χ4n) is 1.66. The Labute approximate surface area is 115 Å². The van der Waals surface area contributed by atoms with E-state index in [0.29, 0.717) is 5.70 Å². The molecule has 0 saturated carbocycles.